The average molecular weight is 351 g/mol. The van der Waals surface area contributed by atoms with Crippen molar-refractivity contribution in [2.24, 2.45) is 11.8 Å². The summed E-state index contributed by atoms with van der Waals surface area (Å²) in [7, 11) is 0. The second-order valence-corrected chi connectivity index (χ2v) is 8.06. The van der Waals surface area contributed by atoms with Gasteiger partial charge in [-0.1, -0.05) is 44.5 Å². The van der Waals surface area contributed by atoms with Gasteiger partial charge in [-0.3, -0.25) is 9.89 Å². The predicted octanol–water partition coefficient (Wildman–Crippen LogP) is 3.57. The first-order chi connectivity index (χ1) is 11.1. The van der Waals surface area contributed by atoms with E-state index in [4.69, 9.17) is 0 Å². The number of aromatic amines is 1. The van der Waals surface area contributed by atoms with E-state index in [2.05, 4.69) is 34.3 Å². The molecule has 2 heterocycles. The van der Waals surface area contributed by atoms with E-state index in [1.54, 1.807) is 11.3 Å². The van der Waals surface area contributed by atoms with Crippen LogP contribution in [0.15, 0.2) is 22.7 Å². The molecule has 3 rings (SSSR count). The number of hydrogen-bond acceptors (Lipinski definition) is 5. The number of carbonyl (C=O) groups is 1. The molecule has 0 aliphatic heterocycles. The minimum atomic E-state index is 0.0726. The molecular weight excluding hydrogens is 328 g/mol. The second kappa shape index (κ2) is 7.49. The summed E-state index contributed by atoms with van der Waals surface area (Å²) in [6.45, 7) is 4.52. The molecule has 5 nitrogen and oxygen atoms in total. The van der Waals surface area contributed by atoms with Gasteiger partial charge in [0.25, 0.3) is 0 Å². The maximum absolute atomic E-state index is 12.2. The third kappa shape index (κ3) is 4.14. The quantitative estimate of drug-likeness (QED) is 0.809. The van der Waals surface area contributed by atoms with Crippen LogP contribution >= 0.6 is 23.1 Å². The molecule has 1 aliphatic carbocycles. The summed E-state index contributed by atoms with van der Waals surface area (Å²) in [5.74, 6) is 2.43. The highest BCUT2D eigenvalue weighted by atomic mass is 32.2. The van der Waals surface area contributed by atoms with Crippen LogP contribution in [-0.2, 0) is 4.79 Å². The third-order valence-electron chi connectivity index (χ3n) is 4.61. The van der Waals surface area contributed by atoms with Crippen LogP contribution in [0.4, 0.5) is 0 Å². The van der Waals surface area contributed by atoms with Crippen molar-refractivity contribution >= 4 is 29.0 Å². The van der Waals surface area contributed by atoms with Crippen molar-refractivity contribution in [1.29, 1.82) is 0 Å². The summed E-state index contributed by atoms with van der Waals surface area (Å²) >= 11 is 2.99. The second-order valence-electron chi connectivity index (χ2n) is 6.17. The normalized spacial score (nSPS) is 24.5. The third-order valence-corrected chi connectivity index (χ3v) is 6.33. The van der Waals surface area contributed by atoms with E-state index in [1.807, 2.05) is 17.5 Å². The van der Waals surface area contributed by atoms with Gasteiger partial charge in [0.05, 0.1) is 10.6 Å². The molecule has 0 radical (unpaired) electrons. The van der Waals surface area contributed by atoms with Gasteiger partial charge in [-0.2, -0.15) is 0 Å². The van der Waals surface area contributed by atoms with Crippen LogP contribution in [0.1, 0.15) is 33.1 Å². The summed E-state index contributed by atoms with van der Waals surface area (Å²) in [5, 5.41) is 12.9. The van der Waals surface area contributed by atoms with Gasteiger partial charge in [-0.25, -0.2) is 4.98 Å². The Hall–Kier alpha value is -1.34. The Labute approximate surface area is 144 Å². The van der Waals surface area contributed by atoms with E-state index in [1.165, 1.54) is 24.6 Å². The average Bonchev–Trinajstić information content (AvgIpc) is 3.20. The van der Waals surface area contributed by atoms with Crippen LogP contribution < -0.4 is 5.32 Å². The molecule has 0 aromatic carbocycles. The molecule has 2 N–H and O–H groups in total. The highest BCUT2D eigenvalue weighted by Crippen LogP contribution is 2.29. The van der Waals surface area contributed by atoms with Crippen molar-refractivity contribution in [3.05, 3.63) is 17.5 Å². The zero-order valence-electron chi connectivity index (χ0n) is 13.4. The first-order valence-electron chi connectivity index (χ1n) is 8.02. The van der Waals surface area contributed by atoms with Gasteiger partial charge < -0.3 is 5.32 Å². The lowest BCUT2D eigenvalue weighted by atomic mass is 9.78. The number of thiophene rings is 1. The van der Waals surface area contributed by atoms with Gasteiger partial charge in [0, 0.05) is 6.04 Å². The molecule has 0 spiro atoms. The zero-order chi connectivity index (χ0) is 16.2. The Morgan fingerprint density at radius 1 is 1.48 bits per heavy atom. The number of carbonyl (C=O) groups excluding carboxylic acids is 1. The summed E-state index contributed by atoms with van der Waals surface area (Å²) in [5.41, 5.74) is 0. The number of amides is 1. The number of aromatic nitrogens is 3. The SMILES string of the molecule is C[C@@H]1[C@H](C)CCC[C@H]1NC(=O)CSc1n[nH]c(-c2cccs2)n1. The van der Waals surface area contributed by atoms with E-state index >= 15 is 0 Å². The Morgan fingerprint density at radius 2 is 2.35 bits per heavy atom. The van der Waals surface area contributed by atoms with E-state index in [0.717, 1.165) is 17.1 Å². The lowest BCUT2D eigenvalue weighted by molar-refractivity contribution is -0.120. The maximum atomic E-state index is 12.2. The van der Waals surface area contributed by atoms with E-state index in [-0.39, 0.29) is 5.91 Å². The maximum Gasteiger partial charge on any atom is 0.230 e. The Morgan fingerprint density at radius 3 is 3.13 bits per heavy atom. The number of thioether (sulfide) groups is 1. The summed E-state index contributed by atoms with van der Waals surface area (Å²) < 4.78 is 0. The first kappa shape index (κ1) is 16.5. The van der Waals surface area contributed by atoms with Gasteiger partial charge in [0.2, 0.25) is 11.1 Å². The molecule has 124 valence electrons. The lowest BCUT2D eigenvalue weighted by Crippen LogP contribution is -2.44. The largest absolute Gasteiger partial charge is 0.352 e. The van der Waals surface area contributed by atoms with Crippen molar-refractivity contribution < 1.29 is 4.79 Å². The molecule has 1 aliphatic rings. The fraction of sp³-hybridized carbons (Fsp3) is 0.562. The molecule has 2 aromatic heterocycles. The van der Waals surface area contributed by atoms with Crippen LogP contribution in [-0.4, -0.2) is 32.9 Å². The minimum Gasteiger partial charge on any atom is -0.352 e. The van der Waals surface area contributed by atoms with Gasteiger partial charge in [-0.15, -0.1) is 16.4 Å². The highest BCUT2D eigenvalue weighted by molar-refractivity contribution is 7.99. The Kier molecular flexibility index (Phi) is 5.38. The number of rotatable bonds is 5. The van der Waals surface area contributed by atoms with Crippen LogP contribution in [0.25, 0.3) is 10.7 Å². The molecule has 1 fully saturated rings. The van der Waals surface area contributed by atoms with Gasteiger partial charge in [0.15, 0.2) is 5.82 Å². The Balaban J connectivity index is 1.49. The van der Waals surface area contributed by atoms with E-state index in [0.29, 0.717) is 28.8 Å². The zero-order valence-corrected chi connectivity index (χ0v) is 15.0. The fourth-order valence-electron chi connectivity index (χ4n) is 3.00. The minimum absolute atomic E-state index is 0.0726. The molecule has 0 unspecified atom stereocenters. The van der Waals surface area contributed by atoms with Crippen molar-refractivity contribution in [3.63, 3.8) is 0 Å². The summed E-state index contributed by atoms with van der Waals surface area (Å²) in [6, 6.07) is 4.29. The van der Waals surface area contributed by atoms with Gasteiger partial charge >= 0.3 is 0 Å². The van der Waals surface area contributed by atoms with Gasteiger partial charge in [0.1, 0.15) is 0 Å². The predicted molar refractivity (Wildman–Crippen MR) is 94.5 cm³/mol. The van der Waals surface area contributed by atoms with Crippen molar-refractivity contribution in [2.75, 3.05) is 5.75 Å². The van der Waals surface area contributed by atoms with Crippen LogP contribution in [0, 0.1) is 11.8 Å². The number of nitrogens with zero attached hydrogens (tertiary/aromatic N) is 2. The summed E-state index contributed by atoms with van der Waals surface area (Å²) in [6.07, 6.45) is 3.56. The molecule has 3 atom stereocenters. The van der Waals surface area contributed by atoms with E-state index in [9.17, 15) is 4.79 Å². The molecule has 1 saturated carbocycles. The first-order valence-corrected chi connectivity index (χ1v) is 9.88. The number of nitrogens with one attached hydrogen (secondary N) is 2. The topological polar surface area (TPSA) is 70.7 Å². The van der Waals surface area contributed by atoms with Crippen molar-refractivity contribution in [1.82, 2.24) is 20.5 Å². The van der Waals surface area contributed by atoms with E-state index < -0.39 is 0 Å². The lowest BCUT2D eigenvalue weighted by Gasteiger charge is -2.34. The standard InChI is InChI=1S/C16H22N4OS2/c1-10-5-3-6-12(11(10)2)17-14(21)9-23-16-18-15(19-20-16)13-7-4-8-22-13/h4,7-8,10-12H,3,5-6,9H2,1-2H3,(H,17,21)(H,18,19,20)/t10-,11-,12-/m1/s1. The van der Waals surface area contributed by atoms with Crippen molar-refractivity contribution in [3.8, 4) is 10.7 Å². The van der Waals surface area contributed by atoms with Crippen LogP contribution in [0.2, 0.25) is 0 Å². The van der Waals surface area contributed by atoms with Crippen LogP contribution in [0.5, 0.6) is 0 Å². The smallest absolute Gasteiger partial charge is 0.230 e. The van der Waals surface area contributed by atoms with Crippen molar-refractivity contribution in [2.45, 2.75) is 44.3 Å². The highest BCUT2D eigenvalue weighted by Gasteiger charge is 2.28. The molecular formula is C16H22N4OS2. The molecule has 1 amide bonds. The number of H-pyrrole nitrogens is 1. The molecule has 0 bridgehead atoms. The van der Waals surface area contributed by atoms with Gasteiger partial charge in [-0.05, 0) is 29.7 Å². The summed E-state index contributed by atoms with van der Waals surface area (Å²) in [4.78, 5) is 17.7. The monoisotopic (exact) mass is 350 g/mol. The Bertz CT molecular complexity index is 640. The molecule has 7 heteroatoms. The molecule has 0 saturated heterocycles. The van der Waals surface area contributed by atoms with Crippen LogP contribution in [0.3, 0.4) is 0 Å². The molecule has 23 heavy (non-hydrogen) atoms. The fourth-order valence-corrected chi connectivity index (χ4v) is 4.27. The molecule has 2 aromatic rings. The number of hydrogen-bond donors (Lipinski definition) is 2.